The third-order valence-electron chi connectivity index (χ3n) is 4.25. The number of rotatable bonds is 5. The minimum atomic E-state index is -0.00889. The minimum Gasteiger partial charge on any atom is -0.368 e. The average molecular weight is 340 g/mol. The molecule has 0 spiro atoms. The van der Waals surface area contributed by atoms with Crippen LogP contribution in [0.1, 0.15) is 18.2 Å². The third kappa shape index (κ3) is 3.22. The molecule has 1 N–H and O–H groups in total. The minimum absolute atomic E-state index is 0.00889. The van der Waals surface area contributed by atoms with Gasteiger partial charge in [0.15, 0.2) is 0 Å². The zero-order valence-corrected chi connectivity index (χ0v) is 14.3. The van der Waals surface area contributed by atoms with E-state index < -0.39 is 0 Å². The number of ether oxygens (including phenoxy) is 1. The van der Waals surface area contributed by atoms with Crippen molar-refractivity contribution in [2.24, 2.45) is 7.05 Å². The Morgan fingerprint density at radius 1 is 1.28 bits per heavy atom. The predicted molar refractivity (Wildman–Crippen MR) is 90.7 cm³/mol. The van der Waals surface area contributed by atoms with E-state index in [0.29, 0.717) is 25.6 Å². The molecule has 0 fully saturated rings. The largest absolute Gasteiger partial charge is 0.368 e. The third-order valence-corrected chi connectivity index (χ3v) is 4.25. The van der Waals surface area contributed by atoms with Gasteiger partial charge in [-0.05, 0) is 12.0 Å². The lowest BCUT2D eigenvalue weighted by Crippen LogP contribution is -2.33. The fourth-order valence-corrected chi connectivity index (χ4v) is 2.79. The van der Waals surface area contributed by atoms with Crippen molar-refractivity contribution in [1.82, 2.24) is 34.7 Å². The Morgan fingerprint density at radius 3 is 2.84 bits per heavy atom. The maximum Gasteiger partial charge on any atom is 0.222 e. The molecule has 25 heavy (non-hydrogen) atoms. The van der Waals surface area contributed by atoms with Crippen LogP contribution in [0.15, 0.2) is 24.8 Å². The number of fused-ring (bicyclic) bond motifs is 1. The molecule has 0 bridgehead atoms. The normalized spacial score (nSPS) is 16.6. The number of anilines is 1. The van der Waals surface area contributed by atoms with Crippen LogP contribution in [0.4, 0.5) is 5.95 Å². The summed E-state index contributed by atoms with van der Waals surface area (Å²) in [5, 5.41) is 16.0. The van der Waals surface area contributed by atoms with E-state index in [-0.39, 0.29) is 6.10 Å². The van der Waals surface area contributed by atoms with Gasteiger partial charge in [0.25, 0.3) is 0 Å². The topological polar surface area (TPSA) is 95.6 Å². The van der Waals surface area contributed by atoms with Gasteiger partial charge in [0.05, 0.1) is 31.1 Å². The zero-order valence-electron chi connectivity index (χ0n) is 14.3. The summed E-state index contributed by atoms with van der Waals surface area (Å²) in [6, 6.07) is 0. The van der Waals surface area contributed by atoms with E-state index in [0.717, 1.165) is 28.9 Å². The fraction of sp³-hybridized carbons (Fsp3) is 0.438. The van der Waals surface area contributed by atoms with Crippen molar-refractivity contribution in [2.75, 3.05) is 11.9 Å². The second-order valence-corrected chi connectivity index (χ2v) is 6.05. The molecular formula is C16H20N8O. The highest BCUT2D eigenvalue weighted by Crippen LogP contribution is 2.24. The van der Waals surface area contributed by atoms with Gasteiger partial charge < -0.3 is 10.1 Å². The molecule has 0 amide bonds. The fourth-order valence-electron chi connectivity index (χ4n) is 2.79. The number of hydrogen-bond acceptors (Lipinski definition) is 7. The smallest absolute Gasteiger partial charge is 0.222 e. The Hall–Kier alpha value is -2.81. The van der Waals surface area contributed by atoms with Crippen molar-refractivity contribution in [3.8, 4) is 11.3 Å². The molecule has 4 heterocycles. The second kappa shape index (κ2) is 6.60. The number of aromatic nitrogens is 7. The van der Waals surface area contributed by atoms with Crippen molar-refractivity contribution in [1.29, 1.82) is 0 Å². The summed E-state index contributed by atoms with van der Waals surface area (Å²) in [6.45, 7) is 3.81. The molecule has 1 atom stereocenters. The van der Waals surface area contributed by atoms with Crippen LogP contribution in [-0.2, 0) is 31.4 Å². The summed E-state index contributed by atoms with van der Waals surface area (Å²) in [5.41, 5.74) is 3.88. The van der Waals surface area contributed by atoms with Crippen LogP contribution in [0, 0.1) is 0 Å². The lowest BCUT2D eigenvalue weighted by molar-refractivity contribution is 0.00879. The van der Waals surface area contributed by atoms with Gasteiger partial charge in [-0.1, -0.05) is 12.1 Å². The Kier molecular flexibility index (Phi) is 4.14. The molecule has 130 valence electrons. The Morgan fingerprint density at radius 2 is 2.12 bits per heavy atom. The first-order chi connectivity index (χ1) is 12.2. The van der Waals surface area contributed by atoms with Crippen LogP contribution in [0.3, 0.4) is 0 Å². The van der Waals surface area contributed by atoms with Crippen molar-refractivity contribution in [3.63, 3.8) is 0 Å². The molecule has 0 aromatic carbocycles. The molecule has 4 rings (SSSR count). The Balaban J connectivity index is 1.40. The summed E-state index contributed by atoms with van der Waals surface area (Å²) in [4.78, 5) is 8.61. The first kappa shape index (κ1) is 15.7. The molecule has 1 aliphatic rings. The van der Waals surface area contributed by atoms with E-state index in [2.05, 4.69) is 37.6 Å². The van der Waals surface area contributed by atoms with E-state index >= 15 is 0 Å². The van der Waals surface area contributed by atoms with Gasteiger partial charge in [0.2, 0.25) is 5.95 Å². The summed E-state index contributed by atoms with van der Waals surface area (Å²) < 4.78 is 9.61. The van der Waals surface area contributed by atoms with Gasteiger partial charge in [0, 0.05) is 37.7 Å². The van der Waals surface area contributed by atoms with Gasteiger partial charge in [-0.2, -0.15) is 5.10 Å². The maximum absolute atomic E-state index is 5.95. The van der Waals surface area contributed by atoms with E-state index in [9.17, 15) is 0 Å². The maximum atomic E-state index is 5.95. The number of hydrogen-bond donors (Lipinski definition) is 1. The summed E-state index contributed by atoms with van der Waals surface area (Å²) in [6.07, 6.45) is 8.32. The van der Waals surface area contributed by atoms with Gasteiger partial charge in [-0.25, -0.2) is 14.6 Å². The van der Waals surface area contributed by atoms with Crippen molar-refractivity contribution < 1.29 is 4.74 Å². The van der Waals surface area contributed by atoms with Crippen molar-refractivity contribution in [3.05, 3.63) is 36.0 Å². The van der Waals surface area contributed by atoms with Gasteiger partial charge in [0.1, 0.15) is 5.69 Å². The summed E-state index contributed by atoms with van der Waals surface area (Å²) in [7, 11) is 1.88. The molecule has 9 heteroatoms. The molecule has 0 saturated heterocycles. The monoisotopic (exact) mass is 340 g/mol. The second-order valence-electron chi connectivity index (χ2n) is 6.05. The number of nitrogens with zero attached hydrogens (tertiary/aromatic N) is 7. The molecule has 9 nitrogen and oxygen atoms in total. The number of nitrogens with one attached hydrogen (secondary N) is 1. The molecule has 3 aromatic heterocycles. The van der Waals surface area contributed by atoms with E-state index in [4.69, 9.17) is 4.74 Å². The lowest BCUT2D eigenvalue weighted by Gasteiger charge is -2.24. The summed E-state index contributed by atoms with van der Waals surface area (Å²) in [5.74, 6) is 0.612. The van der Waals surface area contributed by atoms with Crippen LogP contribution in [0.5, 0.6) is 0 Å². The lowest BCUT2D eigenvalue weighted by atomic mass is 10.2. The predicted octanol–water partition coefficient (Wildman–Crippen LogP) is 1.04. The molecule has 0 radical (unpaired) electrons. The number of aryl methyl sites for hydroxylation is 2. The first-order valence-corrected chi connectivity index (χ1v) is 8.30. The Labute approximate surface area is 145 Å². The van der Waals surface area contributed by atoms with Crippen LogP contribution >= 0.6 is 0 Å². The molecule has 3 aromatic rings. The van der Waals surface area contributed by atoms with E-state index in [1.54, 1.807) is 10.9 Å². The van der Waals surface area contributed by atoms with Gasteiger partial charge in [-0.15, -0.1) is 5.10 Å². The standard InChI is InChI=1S/C16H20N8O/c1-3-11-4-17-16(18-5-11)19-7-13-9-24-14(10-25-13)15(21-22-24)12-6-20-23(2)8-12/h4-6,8,13H,3,7,9-10H2,1-2H3,(H,17,18,19). The van der Waals surface area contributed by atoms with Crippen LogP contribution in [0.25, 0.3) is 11.3 Å². The van der Waals surface area contributed by atoms with Crippen molar-refractivity contribution >= 4 is 5.95 Å². The van der Waals surface area contributed by atoms with Crippen LogP contribution in [0.2, 0.25) is 0 Å². The molecule has 0 aliphatic carbocycles. The average Bonchev–Trinajstić information content (AvgIpc) is 3.25. The molecular weight excluding hydrogens is 320 g/mol. The van der Waals surface area contributed by atoms with Crippen LogP contribution < -0.4 is 5.32 Å². The Bertz CT molecular complexity index is 853. The van der Waals surface area contributed by atoms with E-state index in [1.165, 1.54) is 0 Å². The molecule has 1 unspecified atom stereocenters. The SMILES string of the molecule is CCc1cnc(NCC2Cn3nnc(-c4cnn(C)c4)c3CO2)nc1. The van der Waals surface area contributed by atoms with E-state index in [1.807, 2.05) is 30.3 Å². The zero-order chi connectivity index (χ0) is 17.2. The highest BCUT2D eigenvalue weighted by atomic mass is 16.5. The molecule has 0 saturated carbocycles. The highest BCUT2D eigenvalue weighted by Gasteiger charge is 2.24. The summed E-state index contributed by atoms with van der Waals surface area (Å²) >= 11 is 0. The highest BCUT2D eigenvalue weighted by molar-refractivity contribution is 5.59. The van der Waals surface area contributed by atoms with Gasteiger partial charge >= 0.3 is 0 Å². The quantitative estimate of drug-likeness (QED) is 0.741. The first-order valence-electron chi connectivity index (χ1n) is 8.30. The van der Waals surface area contributed by atoms with Crippen LogP contribution in [-0.4, -0.2) is 47.4 Å². The van der Waals surface area contributed by atoms with Crippen molar-refractivity contribution in [2.45, 2.75) is 32.6 Å². The van der Waals surface area contributed by atoms with Gasteiger partial charge in [-0.3, -0.25) is 4.68 Å². The molecule has 1 aliphatic heterocycles.